The van der Waals surface area contributed by atoms with Crippen molar-refractivity contribution >= 4 is 17.5 Å². The predicted molar refractivity (Wildman–Crippen MR) is 96.3 cm³/mol. The number of anilines is 1. The van der Waals surface area contributed by atoms with Crippen LogP contribution in [0.5, 0.6) is 0 Å². The van der Waals surface area contributed by atoms with E-state index in [4.69, 9.17) is 10.3 Å². The number of fused-ring (bicyclic) bond motifs is 1. The molecular weight excluding hydrogens is 334 g/mol. The van der Waals surface area contributed by atoms with Crippen molar-refractivity contribution in [1.82, 2.24) is 15.5 Å². The van der Waals surface area contributed by atoms with Gasteiger partial charge in [-0.05, 0) is 37.1 Å². The van der Waals surface area contributed by atoms with E-state index in [1.54, 1.807) is 11.8 Å². The lowest BCUT2D eigenvalue weighted by atomic mass is 9.90. The third kappa shape index (κ3) is 3.45. The fourth-order valence-electron chi connectivity index (χ4n) is 3.46. The summed E-state index contributed by atoms with van der Waals surface area (Å²) in [6.07, 6.45) is 1.16. The first kappa shape index (κ1) is 18.1. The van der Waals surface area contributed by atoms with E-state index in [0.29, 0.717) is 31.1 Å². The van der Waals surface area contributed by atoms with Crippen LogP contribution in [-0.2, 0) is 16.0 Å². The number of aromatic nitrogens is 2. The maximum absolute atomic E-state index is 12.1. The Morgan fingerprint density at radius 1 is 1.38 bits per heavy atom. The predicted octanol–water partition coefficient (Wildman–Crippen LogP) is 1.56. The number of carbonyl (C=O) groups is 2. The van der Waals surface area contributed by atoms with E-state index in [2.05, 4.69) is 15.5 Å². The lowest BCUT2D eigenvalue weighted by Gasteiger charge is -2.39. The molecule has 1 aromatic carbocycles. The van der Waals surface area contributed by atoms with Gasteiger partial charge in [0.2, 0.25) is 23.5 Å². The molecule has 0 bridgehead atoms. The maximum atomic E-state index is 12.1. The molecule has 8 heteroatoms. The van der Waals surface area contributed by atoms with Gasteiger partial charge in [0.05, 0.1) is 6.04 Å². The summed E-state index contributed by atoms with van der Waals surface area (Å²) >= 11 is 0. The van der Waals surface area contributed by atoms with Crippen LogP contribution in [0.15, 0.2) is 22.7 Å². The molecule has 138 valence electrons. The molecule has 1 aliphatic rings. The minimum absolute atomic E-state index is 0.0102. The molecule has 2 heterocycles. The summed E-state index contributed by atoms with van der Waals surface area (Å²) in [7, 11) is 0. The van der Waals surface area contributed by atoms with Crippen molar-refractivity contribution in [3.8, 4) is 11.4 Å². The summed E-state index contributed by atoms with van der Waals surface area (Å²) in [5, 5.41) is 6.97. The molecule has 3 rings (SSSR count). The van der Waals surface area contributed by atoms with Crippen molar-refractivity contribution < 1.29 is 14.1 Å². The Morgan fingerprint density at radius 2 is 2.15 bits per heavy atom. The second kappa shape index (κ2) is 7.25. The van der Waals surface area contributed by atoms with Crippen molar-refractivity contribution in [3.05, 3.63) is 29.7 Å². The van der Waals surface area contributed by atoms with Gasteiger partial charge in [0.1, 0.15) is 0 Å². The van der Waals surface area contributed by atoms with Gasteiger partial charge in [-0.1, -0.05) is 5.16 Å². The van der Waals surface area contributed by atoms with E-state index in [-0.39, 0.29) is 23.9 Å². The fraction of sp³-hybridized carbons (Fsp3) is 0.444. The van der Waals surface area contributed by atoms with Gasteiger partial charge in [0, 0.05) is 44.1 Å². The van der Waals surface area contributed by atoms with Gasteiger partial charge in [-0.15, -0.1) is 0 Å². The maximum Gasteiger partial charge on any atom is 0.228 e. The van der Waals surface area contributed by atoms with Crippen LogP contribution in [0, 0.1) is 0 Å². The van der Waals surface area contributed by atoms with Crippen LogP contribution in [0.3, 0.4) is 0 Å². The number of nitrogens with one attached hydrogen (secondary N) is 1. The first-order valence-electron chi connectivity index (χ1n) is 8.64. The summed E-state index contributed by atoms with van der Waals surface area (Å²) in [4.78, 5) is 29.9. The molecule has 0 fully saturated rings. The Bertz CT molecular complexity index is 832. The molecule has 0 radical (unpaired) electrons. The van der Waals surface area contributed by atoms with Crippen molar-refractivity contribution in [2.75, 3.05) is 11.4 Å². The lowest BCUT2D eigenvalue weighted by Crippen LogP contribution is -2.45. The molecule has 2 atom stereocenters. The molecule has 1 aromatic heterocycles. The Hall–Kier alpha value is -2.74. The molecule has 0 saturated carbocycles. The number of hydrogen-bond acceptors (Lipinski definition) is 6. The van der Waals surface area contributed by atoms with Gasteiger partial charge in [-0.3, -0.25) is 9.59 Å². The number of nitrogens with two attached hydrogens (primary N) is 1. The molecule has 0 aliphatic carbocycles. The van der Waals surface area contributed by atoms with Crippen molar-refractivity contribution in [3.63, 3.8) is 0 Å². The average molecular weight is 357 g/mol. The fourth-order valence-corrected chi connectivity index (χ4v) is 3.46. The third-order valence-corrected chi connectivity index (χ3v) is 4.48. The highest BCUT2D eigenvalue weighted by atomic mass is 16.5. The summed E-state index contributed by atoms with van der Waals surface area (Å²) in [5.41, 5.74) is 7.95. The largest absolute Gasteiger partial charge is 0.349 e. The molecule has 1 aliphatic heterocycles. The molecule has 8 nitrogen and oxygen atoms in total. The normalized spacial score (nSPS) is 19.2. The second-order valence-electron chi connectivity index (χ2n) is 6.55. The molecule has 2 aromatic rings. The van der Waals surface area contributed by atoms with E-state index in [9.17, 15) is 9.59 Å². The van der Waals surface area contributed by atoms with E-state index in [1.165, 1.54) is 6.92 Å². The van der Waals surface area contributed by atoms with Crippen LogP contribution in [-0.4, -0.2) is 34.5 Å². The quantitative estimate of drug-likeness (QED) is 0.858. The molecule has 0 saturated heterocycles. The van der Waals surface area contributed by atoms with Crippen LogP contribution < -0.4 is 16.0 Å². The lowest BCUT2D eigenvalue weighted by molar-refractivity contribution is -0.119. The molecule has 3 N–H and O–H groups in total. The van der Waals surface area contributed by atoms with Crippen LogP contribution in [0.4, 0.5) is 5.69 Å². The van der Waals surface area contributed by atoms with Gasteiger partial charge in [0.25, 0.3) is 0 Å². The summed E-state index contributed by atoms with van der Waals surface area (Å²) in [6.45, 7) is 5.45. The van der Waals surface area contributed by atoms with Crippen LogP contribution in [0.1, 0.15) is 44.7 Å². The smallest absolute Gasteiger partial charge is 0.228 e. The zero-order valence-corrected chi connectivity index (χ0v) is 15.2. The minimum Gasteiger partial charge on any atom is -0.349 e. The number of benzene rings is 1. The van der Waals surface area contributed by atoms with E-state index >= 15 is 0 Å². The standard InChI is InChI=1S/C18H23N5O3/c1-10-8-15(20-11(2)24)14-9-13(4-5-16(14)23(10)12(3)25)18-21-17(6-7-19)26-22-18/h4-5,9-10,15H,6-8,19H2,1-3H3,(H,20,24)/t10-,15+/m0/s1. The van der Waals surface area contributed by atoms with E-state index in [1.807, 2.05) is 25.1 Å². The summed E-state index contributed by atoms with van der Waals surface area (Å²) < 4.78 is 5.20. The van der Waals surface area contributed by atoms with Crippen LogP contribution in [0.25, 0.3) is 11.4 Å². The van der Waals surface area contributed by atoms with Crippen molar-refractivity contribution in [1.29, 1.82) is 0 Å². The number of carbonyl (C=O) groups excluding carboxylic acids is 2. The zero-order valence-electron chi connectivity index (χ0n) is 15.2. The first-order chi connectivity index (χ1) is 12.4. The minimum atomic E-state index is -0.177. The molecule has 2 amide bonds. The van der Waals surface area contributed by atoms with Gasteiger partial charge in [-0.25, -0.2) is 0 Å². The topological polar surface area (TPSA) is 114 Å². The molecule has 0 unspecified atom stereocenters. The zero-order chi connectivity index (χ0) is 18.8. The Balaban J connectivity index is 2.04. The number of hydrogen-bond donors (Lipinski definition) is 2. The van der Waals surface area contributed by atoms with E-state index < -0.39 is 0 Å². The highest BCUT2D eigenvalue weighted by molar-refractivity contribution is 5.94. The van der Waals surface area contributed by atoms with Gasteiger partial charge in [0.15, 0.2) is 0 Å². The SMILES string of the molecule is CC(=O)N[C@@H]1C[C@H](C)N(C(C)=O)c2ccc(-c3noc(CCN)n3)cc21. The number of nitrogens with zero attached hydrogens (tertiary/aromatic N) is 3. The highest BCUT2D eigenvalue weighted by Gasteiger charge is 2.33. The Kier molecular flexibility index (Phi) is 5.03. The Labute approximate surface area is 151 Å². The van der Waals surface area contributed by atoms with E-state index in [0.717, 1.165) is 16.8 Å². The number of amides is 2. The van der Waals surface area contributed by atoms with Crippen molar-refractivity contribution in [2.24, 2.45) is 5.73 Å². The highest BCUT2D eigenvalue weighted by Crippen LogP contribution is 2.39. The average Bonchev–Trinajstić information content (AvgIpc) is 3.02. The Morgan fingerprint density at radius 3 is 2.81 bits per heavy atom. The molecule has 26 heavy (non-hydrogen) atoms. The first-order valence-corrected chi connectivity index (χ1v) is 8.64. The second-order valence-corrected chi connectivity index (χ2v) is 6.55. The van der Waals surface area contributed by atoms with Gasteiger partial charge >= 0.3 is 0 Å². The summed E-state index contributed by atoms with van der Waals surface area (Å²) in [5.74, 6) is 0.806. The van der Waals surface area contributed by atoms with Crippen LogP contribution >= 0.6 is 0 Å². The molecular formula is C18H23N5O3. The summed E-state index contributed by atoms with van der Waals surface area (Å²) in [6, 6.07) is 5.45. The number of rotatable bonds is 4. The van der Waals surface area contributed by atoms with Gasteiger partial charge in [-0.2, -0.15) is 4.98 Å². The van der Waals surface area contributed by atoms with Crippen LogP contribution in [0.2, 0.25) is 0 Å². The third-order valence-electron chi connectivity index (χ3n) is 4.48. The van der Waals surface area contributed by atoms with Gasteiger partial charge < -0.3 is 20.5 Å². The van der Waals surface area contributed by atoms with Crippen molar-refractivity contribution in [2.45, 2.75) is 45.7 Å². The molecule has 0 spiro atoms. The monoisotopic (exact) mass is 357 g/mol.